The van der Waals surface area contributed by atoms with Crippen LogP contribution in [0.3, 0.4) is 0 Å². The Morgan fingerprint density at radius 3 is 2.47 bits per heavy atom. The van der Waals surface area contributed by atoms with Gasteiger partial charge in [0, 0.05) is 5.56 Å². The van der Waals surface area contributed by atoms with Crippen molar-refractivity contribution in [3.63, 3.8) is 0 Å². The average molecular weight is 208 g/mol. The van der Waals surface area contributed by atoms with Gasteiger partial charge in [-0.15, -0.1) is 4.91 Å². The van der Waals surface area contributed by atoms with Crippen LogP contribution in [0, 0.1) is 9.81 Å². The van der Waals surface area contributed by atoms with Gasteiger partial charge in [0.25, 0.3) is 0 Å². The van der Waals surface area contributed by atoms with Crippen molar-refractivity contribution in [3.8, 4) is 5.75 Å². The van der Waals surface area contributed by atoms with E-state index >= 15 is 0 Å². The quantitative estimate of drug-likeness (QED) is 0.771. The number of hydrogen-bond donors (Lipinski definition) is 1. The molecule has 0 saturated carbocycles. The first kappa shape index (κ1) is 11.3. The Morgan fingerprint density at radius 2 is 2.00 bits per heavy atom. The van der Waals surface area contributed by atoms with Crippen molar-refractivity contribution in [2.75, 3.05) is 0 Å². The molecule has 0 spiro atoms. The number of phenols is 1. The van der Waals surface area contributed by atoms with Gasteiger partial charge in [-0.3, -0.25) is 0 Å². The van der Waals surface area contributed by atoms with Gasteiger partial charge in [0.05, 0.1) is 0 Å². The van der Waals surface area contributed by atoms with Crippen LogP contribution in [0.5, 0.6) is 5.75 Å². The normalized spacial score (nSPS) is 10.3. The number of nitrogens with zero attached hydrogens (tertiary/aromatic N) is 2. The molecule has 0 aliphatic heterocycles. The maximum Gasteiger partial charge on any atom is 0.155 e. The maximum atomic E-state index is 10.5. The summed E-state index contributed by atoms with van der Waals surface area (Å²) in [5, 5.41) is 15.1. The fourth-order valence-corrected chi connectivity index (χ4v) is 1.40. The second-order valence-electron chi connectivity index (χ2n) is 3.54. The highest BCUT2D eigenvalue weighted by Crippen LogP contribution is 2.37. The topological polar surface area (TPSA) is 79.1 Å². The molecule has 0 amide bonds. The number of hydrogen-bond acceptors (Lipinski definition) is 5. The number of rotatable bonds is 4. The Bertz CT molecular complexity index is 388. The number of nitroso groups, excluding NO2 is 2. The van der Waals surface area contributed by atoms with Crippen LogP contribution in [-0.2, 0) is 6.54 Å². The summed E-state index contributed by atoms with van der Waals surface area (Å²) in [6.45, 7) is 3.62. The van der Waals surface area contributed by atoms with E-state index in [9.17, 15) is 14.9 Å². The van der Waals surface area contributed by atoms with Crippen LogP contribution in [0.25, 0.3) is 0 Å². The van der Waals surface area contributed by atoms with Gasteiger partial charge >= 0.3 is 0 Å². The van der Waals surface area contributed by atoms with E-state index in [0.717, 1.165) is 0 Å². The summed E-state index contributed by atoms with van der Waals surface area (Å²) < 4.78 is 0. The van der Waals surface area contributed by atoms with Crippen molar-refractivity contribution in [1.29, 1.82) is 0 Å². The van der Waals surface area contributed by atoms with E-state index in [-0.39, 0.29) is 23.9 Å². The largest absolute Gasteiger partial charge is 0.505 e. The van der Waals surface area contributed by atoms with Crippen molar-refractivity contribution >= 4 is 5.69 Å². The predicted octanol–water partition coefficient (Wildman–Crippen LogP) is 3.18. The van der Waals surface area contributed by atoms with Crippen molar-refractivity contribution in [3.05, 3.63) is 33.1 Å². The summed E-state index contributed by atoms with van der Waals surface area (Å²) in [6, 6.07) is 3.27. The zero-order valence-electron chi connectivity index (χ0n) is 8.60. The summed E-state index contributed by atoms with van der Waals surface area (Å²) in [4.78, 5) is 20.6. The van der Waals surface area contributed by atoms with Crippen LogP contribution < -0.4 is 0 Å². The molecule has 0 radical (unpaired) electrons. The first-order valence-electron chi connectivity index (χ1n) is 4.59. The minimum atomic E-state index is -0.160. The lowest BCUT2D eigenvalue weighted by molar-refractivity contribution is 0.465. The standard InChI is InChI=1S/C10H12N2O3/c1-6(2)8-4-3-7(5-11-14)9(12-15)10(8)13/h3-4,6,13H,5H2,1-2H3. The van der Waals surface area contributed by atoms with Gasteiger partial charge in [0.2, 0.25) is 0 Å². The lowest BCUT2D eigenvalue weighted by Gasteiger charge is -2.10. The van der Waals surface area contributed by atoms with E-state index in [0.29, 0.717) is 11.1 Å². The van der Waals surface area contributed by atoms with E-state index in [1.165, 1.54) is 0 Å². The van der Waals surface area contributed by atoms with Gasteiger partial charge in [-0.05, 0) is 16.7 Å². The third-order valence-electron chi connectivity index (χ3n) is 2.21. The summed E-state index contributed by atoms with van der Waals surface area (Å²) >= 11 is 0. The predicted molar refractivity (Wildman–Crippen MR) is 57.1 cm³/mol. The fraction of sp³-hybridized carbons (Fsp3) is 0.400. The van der Waals surface area contributed by atoms with E-state index in [1.54, 1.807) is 12.1 Å². The van der Waals surface area contributed by atoms with Crippen molar-refractivity contribution in [2.45, 2.75) is 26.3 Å². The van der Waals surface area contributed by atoms with Gasteiger partial charge in [-0.1, -0.05) is 31.2 Å². The zero-order valence-corrected chi connectivity index (χ0v) is 8.60. The SMILES string of the molecule is CC(C)c1ccc(CN=O)c(N=O)c1O. The Morgan fingerprint density at radius 1 is 1.33 bits per heavy atom. The number of aromatic hydroxyl groups is 1. The lowest BCUT2D eigenvalue weighted by Crippen LogP contribution is -1.91. The minimum Gasteiger partial charge on any atom is -0.505 e. The fourth-order valence-electron chi connectivity index (χ4n) is 1.40. The summed E-state index contributed by atoms with van der Waals surface area (Å²) in [5.74, 6) is -0.0649. The monoisotopic (exact) mass is 208 g/mol. The van der Waals surface area contributed by atoms with E-state index in [1.807, 2.05) is 13.8 Å². The molecule has 0 atom stereocenters. The Balaban J connectivity index is 3.31. The van der Waals surface area contributed by atoms with Crippen LogP contribution in [-0.4, -0.2) is 5.11 Å². The molecule has 0 fully saturated rings. The third-order valence-corrected chi connectivity index (χ3v) is 2.21. The maximum absolute atomic E-state index is 10.5. The second kappa shape index (κ2) is 4.63. The Kier molecular flexibility index (Phi) is 3.49. The summed E-state index contributed by atoms with van der Waals surface area (Å²) in [5.41, 5.74) is 0.905. The summed E-state index contributed by atoms with van der Waals surface area (Å²) in [7, 11) is 0. The molecule has 5 heteroatoms. The van der Waals surface area contributed by atoms with Gasteiger partial charge in [0.1, 0.15) is 12.3 Å². The molecular weight excluding hydrogens is 196 g/mol. The minimum absolute atomic E-state index is 0.0826. The average Bonchev–Trinajstić information content (AvgIpc) is 2.18. The molecular formula is C10H12N2O3. The first-order valence-corrected chi connectivity index (χ1v) is 4.59. The van der Waals surface area contributed by atoms with Crippen LogP contribution in [0.1, 0.15) is 30.9 Å². The molecule has 1 aromatic rings. The molecule has 80 valence electrons. The van der Waals surface area contributed by atoms with Gasteiger partial charge in [0.15, 0.2) is 5.69 Å². The Hall–Kier alpha value is -1.78. The third kappa shape index (κ3) is 2.18. The molecule has 0 aliphatic carbocycles. The molecule has 0 bridgehead atoms. The highest BCUT2D eigenvalue weighted by Gasteiger charge is 2.15. The van der Waals surface area contributed by atoms with Crippen molar-refractivity contribution in [1.82, 2.24) is 0 Å². The van der Waals surface area contributed by atoms with E-state index in [4.69, 9.17) is 0 Å². The molecule has 0 aliphatic rings. The highest BCUT2D eigenvalue weighted by molar-refractivity contribution is 5.61. The van der Waals surface area contributed by atoms with Gasteiger partial charge in [-0.25, -0.2) is 0 Å². The number of phenolic OH excluding ortho intramolecular Hbond substituents is 1. The molecule has 5 nitrogen and oxygen atoms in total. The van der Waals surface area contributed by atoms with Crippen LogP contribution >= 0.6 is 0 Å². The molecule has 1 N–H and O–H groups in total. The Labute approximate surface area is 87.1 Å². The van der Waals surface area contributed by atoms with Crippen molar-refractivity contribution < 1.29 is 5.11 Å². The molecule has 0 heterocycles. The van der Waals surface area contributed by atoms with Crippen LogP contribution in [0.15, 0.2) is 22.5 Å². The molecule has 0 aromatic heterocycles. The van der Waals surface area contributed by atoms with Gasteiger partial charge < -0.3 is 5.11 Å². The zero-order chi connectivity index (χ0) is 11.4. The smallest absolute Gasteiger partial charge is 0.155 e. The van der Waals surface area contributed by atoms with E-state index in [2.05, 4.69) is 10.4 Å². The van der Waals surface area contributed by atoms with Gasteiger partial charge in [-0.2, -0.15) is 4.91 Å². The summed E-state index contributed by atoms with van der Waals surface area (Å²) in [6.07, 6.45) is 0. The second-order valence-corrected chi connectivity index (χ2v) is 3.54. The first-order chi connectivity index (χ1) is 7.11. The van der Waals surface area contributed by atoms with Crippen molar-refractivity contribution in [2.24, 2.45) is 10.4 Å². The molecule has 0 unspecified atom stereocenters. The molecule has 15 heavy (non-hydrogen) atoms. The lowest BCUT2D eigenvalue weighted by atomic mass is 9.99. The molecule has 1 rings (SSSR count). The van der Waals surface area contributed by atoms with Crippen LogP contribution in [0.4, 0.5) is 5.69 Å². The molecule has 0 saturated heterocycles. The van der Waals surface area contributed by atoms with E-state index < -0.39 is 0 Å². The highest BCUT2D eigenvalue weighted by atomic mass is 16.3. The number of benzene rings is 1. The molecule has 1 aromatic carbocycles. The van der Waals surface area contributed by atoms with Crippen LogP contribution in [0.2, 0.25) is 0 Å².